The quantitative estimate of drug-likeness (QED) is 0.672. The van der Waals surface area contributed by atoms with Crippen molar-refractivity contribution in [3.63, 3.8) is 0 Å². The number of carbonyl (C=O) groups is 1. The Morgan fingerprint density at radius 3 is 2.81 bits per heavy atom. The third-order valence-electron chi connectivity index (χ3n) is 3.25. The predicted octanol–water partition coefficient (Wildman–Crippen LogP) is 1.93. The number of nitrogen functional groups attached to an aromatic ring is 1. The Balaban J connectivity index is 2.10. The number of para-hydroxylation sites is 1. The molecule has 21 heavy (non-hydrogen) atoms. The number of anilines is 1. The van der Waals surface area contributed by atoms with Crippen LogP contribution in [0.5, 0.6) is 5.75 Å². The molecule has 0 atom stereocenters. The second-order valence-electron chi connectivity index (χ2n) is 4.60. The van der Waals surface area contributed by atoms with E-state index in [2.05, 4.69) is 5.10 Å². The summed E-state index contributed by atoms with van der Waals surface area (Å²) < 4.78 is 12.1. The molecule has 0 unspecified atom stereocenters. The Hall–Kier alpha value is -2.50. The minimum Gasteiger partial charge on any atom is -0.495 e. The van der Waals surface area contributed by atoms with Crippen LogP contribution in [0.3, 0.4) is 0 Å². The van der Waals surface area contributed by atoms with Crippen molar-refractivity contribution in [2.75, 3.05) is 12.8 Å². The van der Waals surface area contributed by atoms with Crippen LogP contribution in [0.2, 0.25) is 0 Å². The van der Waals surface area contributed by atoms with Crippen molar-refractivity contribution >= 4 is 11.7 Å². The molecule has 1 heterocycles. The second kappa shape index (κ2) is 6.30. The van der Waals surface area contributed by atoms with Gasteiger partial charge in [-0.05, 0) is 24.6 Å². The van der Waals surface area contributed by atoms with E-state index in [0.717, 1.165) is 17.8 Å². The molecule has 0 fully saturated rings. The molecule has 1 aromatic heterocycles. The van der Waals surface area contributed by atoms with Gasteiger partial charge >= 0.3 is 5.97 Å². The third kappa shape index (κ3) is 3.16. The fourth-order valence-corrected chi connectivity index (χ4v) is 2.00. The lowest BCUT2D eigenvalue weighted by Gasteiger charge is -2.10. The zero-order valence-electron chi connectivity index (χ0n) is 12.4. The van der Waals surface area contributed by atoms with Gasteiger partial charge < -0.3 is 15.2 Å². The number of ether oxygens (including phenoxy) is 2. The SMILES string of the molecule is CCc1cc(COC(=O)c2cccc(OC)c2N)n(C)n1. The normalized spacial score (nSPS) is 10.4. The first-order valence-electron chi connectivity index (χ1n) is 6.68. The molecule has 0 amide bonds. The molecular formula is C15H19N3O3. The first-order chi connectivity index (χ1) is 10.1. The molecule has 1 aromatic carbocycles. The van der Waals surface area contributed by atoms with Gasteiger partial charge in [-0.3, -0.25) is 4.68 Å². The highest BCUT2D eigenvalue weighted by Gasteiger charge is 2.15. The zero-order chi connectivity index (χ0) is 15.4. The van der Waals surface area contributed by atoms with Gasteiger partial charge in [0.15, 0.2) is 0 Å². The topological polar surface area (TPSA) is 79.4 Å². The molecule has 0 bridgehead atoms. The molecule has 0 radical (unpaired) electrons. The minimum absolute atomic E-state index is 0.152. The number of hydrogen-bond acceptors (Lipinski definition) is 5. The molecule has 2 N–H and O–H groups in total. The van der Waals surface area contributed by atoms with Crippen LogP contribution >= 0.6 is 0 Å². The van der Waals surface area contributed by atoms with Gasteiger partial charge in [-0.15, -0.1) is 0 Å². The standard InChI is InChI=1S/C15H19N3O3/c1-4-10-8-11(18(2)17-10)9-21-15(19)12-6-5-7-13(20-3)14(12)16/h5-8H,4,9,16H2,1-3H3. The lowest BCUT2D eigenvalue weighted by Crippen LogP contribution is -2.10. The number of hydrogen-bond donors (Lipinski definition) is 1. The number of carbonyl (C=O) groups excluding carboxylic acids is 1. The molecule has 0 aliphatic carbocycles. The lowest BCUT2D eigenvalue weighted by molar-refractivity contribution is 0.0464. The van der Waals surface area contributed by atoms with Crippen LogP contribution in [-0.2, 0) is 24.8 Å². The van der Waals surface area contributed by atoms with Gasteiger partial charge in [-0.1, -0.05) is 13.0 Å². The number of aromatic nitrogens is 2. The summed E-state index contributed by atoms with van der Waals surface area (Å²) >= 11 is 0. The van der Waals surface area contributed by atoms with E-state index in [-0.39, 0.29) is 12.3 Å². The number of methoxy groups -OCH3 is 1. The predicted molar refractivity (Wildman–Crippen MR) is 79.1 cm³/mol. The van der Waals surface area contributed by atoms with Gasteiger partial charge in [0.1, 0.15) is 12.4 Å². The summed E-state index contributed by atoms with van der Waals surface area (Å²) in [6.45, 7) is 2.17. The summed E-state index contributed by atoms with van der Waals surface area (Å²) in [5.74, 6) is -0.0242. The average molecular weight is 289 g/mol. The van der Waals surface area contributed by atoms with E-state index in [1.807, 2.05) is 20.0 Å². The molecular weight excluding hydrogens is 270 g/mol. The lowest BCUT2D eigenvalue weighted by atomic mass is 10.1. The molecule has 0 spiro atoms. The van der Waals surface area contributed by atoms with Gasteiger partial charge in [-0.25, -0.2) is 4.79 Å². The Kier molecular flexibility index (Phi) is 4.47. The van der Waals surface area contributed by atoms with Crippen LogP contribution < -0.4 is 10.5 Å². The van der Waals surface area contributed by atoms with Gasteiger partial charge in [0, 0.05) is 7.05 Å². The summed E-state index contributed by atoms with van der Waals surface area (Å²) in [6, 6.07) is 6.93. The maximum absolute atomic E-state index is 12.1. The van der Waals surface area contributed by atoms with Crippen LogP contribution in [0.4, 0.5) is 5.69 Å². The van der Waals surface area contributed by atoms with E-state index in [1.54, 1.807) is 22.9 Å². The number of rotatable bonds is 5. The summed E-state index contributed by atoms with van der Waals surface area (Å²) in [4.78, 5) is 12.1. The van der Waals surface area contributed by atoms with Crippen molar-refractivity contribution in [1.82, 2.24) is 9.78 Å². The average Bonchev–Trinajstić information content (AvgIpc) is 2.85. The summed E-state index contributed by atoms with van der Waals surface area (Å²) in [6.07, 6.45) is 0.838. The van der Waals surface area contributed by atoms with E-state index in [9.17, 15) is 4.79 Å². The Bertz CT molecular complexity index is 650. The smallest absolute Gasteiger partial charge is 0.340 e. The zero-order valence-corrected chi connectivity index (χ0v) is 12.4. The Morgan fingerprint density at radius 2 is 2.19 bits per heavy atom. The number of aryl methyl sites for hydroxylation is 2. The molecule has 0 aliphatic rings. The van der Waals surface area contributed by atoms with E-state index < -0.39 is 5.97 Å². The van der Waals surface area contributed by atoms with Crippen molar-refractivity contribution < 1.29 is 14.3 Å². The highest BCUT2D eigenvalue weighted by molar-refractivity contribution is 5.96. The fourth-order valence-electron chi connectivity index (χ4n) is 2.00. The van der Waals surface area contributed by atoms with Gasteiger partial charge in [0.25, 0.3) is 0 Å². The highest BCUT2D eigenvalue weighted by atomic mass is 16.5. The summed E-state index contributed by atoms with van der Waals surface area (Å²) in [7, 11) is 3.32. The van der Waals surface area contributed by atoms with Crippen LogP contribution in [-0.4, -0.2) is 22.9 Å². The minimum atomic E-state index is -0.481. The van der Waals surface area contributed by atoms with Crippen LogP contribution in [0.25, 0.3) is 0 Å². The van der Waals surface area contributed by atoms with Crippen LogP contribution in [0, 0.1) is 0 Å². The first-order valence-corrected chi connectivity index (χ1v) is 6.68. The molecule has 0 saturated heterocycles. The van der Waals surface area contributed by atoms with Gasteiger partial charge in [-0.2, -0.15) is 5.10 Å². The molecule has 0 aliphatic heterocycles. The second-order valence-corrected chi connectivity index (χ2v) is 4.60. The third-order valence-corrected chi connectivity index (χ3v) is 3.25. The molecule has 6 heteroatoms. The monoisotopic (exact) mass is 289 g/mol. The van der Waals surface area contributed by atoms with Crippen molar-refractivity contribution in [3.05, 3.63) is 41.2 Å². The van der Waals surface area contributed by atoms with E-state index in [0.29, 0.717) is 11.3 Å². The first kappa shape index (κ1) is 14.9. The highest BCUT2D eigenvalue weighted by Crippen LogP contribution is 2.25. The Morgan fingerprint density at radius 1 is 1.43 bits per heavy atom. The van der Waals surface area contributed by atoms with Crippen molar-refractivity contribution in [2.45, 2.75) is 20.0 Å². The molecule has 6 nitrogen and oxygen atoms in total. The van der Waals surface area contributed by atoms with E-state index in [1.165, 1.54) is 7.11 Å². The van der Waals surface area contributed by atoms with Gasteiger partial charge in [0.05, 0.1) is 29.7 Å². The number of nitrogens with zero attached hydrogens (tertiary/aromatic N) is 2. The van der Waals surface area contributed by atoms with E-state index in [4.69, 9.17) is 15.2 Å². The van der Waals surface area contributed by atoms with Crippen molar-refractivity contribution in [3.8, 4) is 5.75 Å². The van der Waals surface area contributed by atoms with Gasteiger partial charge in [0.2, 0.25) is 0 Å². The molecule has 112 valence electrons. The fraction of sp³-hybridized carbons (Fsp3) is 0.333. The van der Waals surface area contributed by atoms with Crippen LogP contribution in [0.15, 0.2) is 24.3 Å². The number of nitrogens with two attached hydrogens (primary N) is 1. The van der Waals surface area contributed by atoms with E-state index >= 15 is 0 Å². The number of esters is 1. The molecule has 2 rings (SSSR count). The summed E-state index contributed by atoms with van der Waals surface area (Å²) in [5.41, 5.74) is 8.25. The Labute approximate surface area is 123 Å². The summed E-state index contributed by atoms with van der Waals surface area (Å²) in [5, 5.41) is 4.31. The van der Waals surface area contributed by atoms with Crippen LogP contribution in [0.1, 0.15) is 28.7 Å². The molecule has 2 aromatic rings. The van der Waals surface area contributed by atoms with Crippen molar-refractivity contribution in [2.24, 2.45) is 7.05 Å². The number of benzene rings is 1. The largest absolute Gasteiger partial charge is 0.495 e. The van der Waals surface area contributed by atoms with Crippen molar-refractivity contribution in [1.29, 1.82) is 0 Å². The maximum Gasteiger partial charge on any atom is 0.340 e. The maximum atomic E-state index is 12.1. The molecule has 0 saturated carbocycles.